The molecule has 7 heteroatoms. The topological polar surface area (TPSA) is 67.2 Å². The molecule has 0 aliphatic rings. The number of hydrogen-bond donors (Lipinski definition) is 1. The van der Waals surface area contributed by atoms with Crippen LogP contribution in [-0.2, 0) is 10.2 Å². The van der Waals surface area contributed by atoms with Gasteiger partial charge in [-0.2, -0.15) is 5.10 Å². The van der Waals surface area contributed by atoms with E-state index in [1.807, 2.05) is 92.7 Å². The Kier molecular flexibility index (Phi) is 8.02. The van der Waals surface area contributed by atoms with Crippen molar-refractivity contribution < 1.29 is 9.59 Å². The molecule has 0 aliphatic heterocycles. The number of nitrogens with zero attached hydrogens (tertiary/aromatic N) is 3. The van der Waals surface area contributed by atoms with Gasteiger partial charge in [0.15, 0.2) is 0 Å². The van der Waals surface area contributed by atoms with Crippen molar-refractivity contribution in [2.24, 2.45) is 0 Å². The minimum absolute atomic E-state index is 0.0115. The second-order valence-corrected chi connectivity index (χ2v) is 11.0. The molecular weight excluding hydrogens is 496 g/mol. The summed E-state index contributed by atoms with van der Waals surface area (Å²) >= 11 is 6.47. The van der Waals surface area contributed by atoms with Gasteiger partial charge >= 0.3 is 0 Å². The van der Waals surface area contributed by atoms with E-state index in [0.717, 1.165) is 11.1 Å². The van der Waals surface area contributed by atoms with Gasteiger partial charge in [-0.15, -0.1) is 0 Å². The molecule has 4 rings (SSSR count). The third-order valence-corrected chi connectivity index (χ3v) is 6.64. The summed E-state index contributed by atoms with van der Waals surface area (Å²) in [6.45, 7) is 10.1. The molecule has 1 N–H and O–H groups in total. The molecule has 3 aromatic carbocycles. The average Bonchev–Trinajstić information content (AvgIpc) is 3.30. The number of carbonyl (C=O) groups is 2. The summed E-state index contributed by atoms with van der Waals surface area (Å²) in [6, 6.07) is 26.3. The lowest BCUT2D eigenvalue weighted by molar-refractivity contribution is -0.117. The Morgan fingerprint density at radius 1 is 0.947 bits per heavy atom. The molecular formula is C31H33ClN4O2. The number of amides is 2. The van der Waals surface area contributed by atoms with Crippen molar-refractivity contribution in [3.8, 4) is 16.9 Å². The zero-order valence-corrected chi connectivity index (χ0v) is 23.2. The minimum atomic E-state index is -0.328. The molecule has 1 aromatic heterocycles. The summed E-state index contributed by atoms with van der Waals surface area (Å²) < 4.78 is 1.62. The van der Waals surface area contributed by atoms with Crippen LogP contribution in [0, 0.1) is 0 Å². The van der Waals surface area contributed by atoms with Crippen molar-refractivity contribution in [1.82, 2.24) is 14.7 Å². The highest BCUT2D eigenvalue weighted by Gasteiger charge is 2.24. The predicted molar refractivity (Wildman–Crippen MR) is 154 cm³/mol. The molecule has 6 nitrogen and oxygen atoms in total. The second kappa shape index (κ2) is 11.2. The number of hydrogen-bond acceptors (Lipinski definition) is 3. The summed E-state index contributed by atoms with van der Waals surface area (Å²) in [4.78, 5) is 28.2. The molecule has 2 amide bonds. The number of nitrogens with one attached hydrogen (secondary N) is 1. The summed E-state index contributed by atoms with van der Waals surface area (Å²) in [5, 5.41) is 8.19. The Labute approximate surface area is 229 Å². The summed E-state index contributed by atoms with van der Waals surface area (Å²) in [7, 11) is 0. The average molecular weight is 529 g/mol. The zero-order chi connectivity index (χ0) is 27.4. The molecule has 0 aliphatic carbocycles. The SMILES string of the molecule is CC(C)N(CC(=O)Nc1cc(-c2ccccc2)nn1-c1ccccc1Cl)C(=O)c1ccc(C(C)(C)C)cc1. The molecule has 38 heavy (non-hydrogen) atoms. The van der Waals surface area contributed by atoms with E-state index < -0.39 is 0 Å². The van der Waals surface area contributed by atoms with Crippen molar-refractivity contribution in [1.29, 1.82) is 0 Å². The van der Waals surface area contributed by atoms with Gasteiger partial charge in [-0.3, -0.25) is 9.59 Å². The van der Waals surface area contributed by atoms with Gasteiger partial charge in [-0.1, -0.05) is 87.0 Å². The molecule has 1 heterocycles. The van der Waals surface area contributed by atoms with Gasteiger partial charge in [0.1, 0.15) is 12.4 Å². The van der Waals surface area contributed by atoms with E-state index in [4.69, 9.17) is 16.7 Å². The molecule has 0 saturated carbocycles. The first-order chi connectivity index (χ1) is 18.0. The molecule has 0 bridgehead atoms. The van der Waals surface area contributed by atoms with Gasteiger partial charge in [0.2, 0.25) is 5.91 Å². The molecule has 0 spiro atoms. The van der Waals surface area contributed by atoms with Crippen LogP contribution in [0.15, 0.2) is 84.9 Å². The van der Waals surface area contributed by atoms with Crippen LogP contribution in [-0.4, -0.2) is 39.1 Å². The number of halogens is 1. The van der Waals surface area contributed by atoms with E-state index in [-0.39, 0.29) is 29.8 Å². The molecule has 0 saturated heterocycles. The largest absolute Gasteiger partial charge is 0.327 e. The smallest absolute Gasteiger partial charge is 0.254 e. The summed E-state index contributed by atoms with van der Waals surface area (Å²) in [5.74, 6) is -0.0565. The highest BCUT2D eigenvalue weighted by atomic mass is 35.5. The normalized spacial score (nSPS) is 11.4. The van der Waals surface area contributed by atoms with E-state index in [2.05, 4.69) is 26.1 Å². The van der Waals surface area contributed by atoms with Gasteiger partial charge in [-0.25, -0.2) is 4.68 Å². The van der Waals surface area contributed by atoms with Crippen LogP contribution in [0.5, 0.6) is 0 Å². The Morgan fingerprint density at radius 2 is 1.58 bits per heavy atom. The van der Waals surface area contributed by atoms with Gasteiger partial charge < -0.3 is 10.2 Å². The first-order valence-electron chi connectivity index (χ1n) is 12.7. The van der Waals surface area contributed by atoms with Crippen molar-refractivity contribution >= 4 is 29.2 Å². The molecule has 196 valence electrons. The van der Waals surface area contributed by atoms with Gasteiger partial charge in [0.25, 0.3) is 5.91 Å². The monoisotopic (exact) mass is 528 g/mol. The van der Waals surface area contributed by atoms with Crippen molar-refractivity contribution in [3.63, 3.8) is 0 Å². The maximum absolute atomic E-state index is 13.4. The third-order valence-electron chi connectivity index (χ3n) is 6.32. The lowest BCUT2D eigenvalue weighted by Gasteiger charge is -2.27. The predicted octanol–water partition coefficient (Wildman–Crippen LogP) is 6.98. The Bertz CT molecular complexity index is 1420. The second-order valence-electron chi connectivity index (χ2n) is 10.5. The van der Waals surface area contributed by atoms with Crippen LogP contribution in [0.4, 0.5) is 5.82 Å². The Hall–Kier alpha value is -3.90. The van der Waals surface area contributed by atoms with Crippen LogP contribution < -0.4 is 5.32 Å². The van der Waals surface area contributed by atoms with Crippen molar-refractivity contribution in [2.75, 3.05) is 11.9 Å². The lowest BCUT2D eigenvalue weighted by atomic mass is 9.86. The number of anilines is 1. The Balaban J connectivity index is 1.59. The van der Waals surface area contributed by atoms with E-state index in [1.165, 1.54) is 0 Å². The van der Waals surface area contributed by atoms with E-state index in [1.54, 1.807) is 15.6 Å². The molecule has 0 atom stereocenters. The summed E-state index contributed by atoms with van der Waals surface area (Å²) in [6.07, 6.45) is 0. The first-order valence-corrected chi connectivity index (χ1v) is 13.0. The number of carbonyl (C=O) groups excluding carboxylic acids is 2. The van der Waals surface area contributed by atoms with E-state index in [0.29, 0.717) is 27.8 Å². The molecule has 0 unspecified atom stereocenters. The van der Waals surface area contributed by atoms with Crippen molar-refractivity contribution in [2.45, 2.75) is 46.1 Å². The third kappa shape index (κ3) is 6.14. The minimum Gasteiger partial charge on any atom is -0.327 e. The number of benzene rings is 3. The highest BCUT2D eigenvalue weighted by molar-refractivity contribution is 6.32. The lowest BCUT2D eigenvalue weighted by Crippen LogP contribution is -2.42. The number of para-hydroxylation sites is 1. The number of rotatable bonds is 7. The fourth-order valence-corrected chi connectivity index (χ4v) is 4.35. The fourth-order valence-electron chi connectivity index (χ4n) is 4.13. The van der Waals surface area contributed by atoms with Crippen LogP contribution in [0.2, 0.25) is 5.02 Å². The van der Waals surface area contributed by atoms with Crippen LogP contribution in [0.1, 0.15) is 50.5 Å². The molecule has 0 fully saturated rings. The zero-order valence-electron chi connectivity index (χ0n) is 22.4. The standard InChI is InChI=1S/C31H33ClN4O2/c1-21(2)35(30(38)23-15-17-24(18-16-23)31(3,4)5)20-29(37)33-28-19-26(22-11-7-6-8-12-22)34-36(28)27-14-10-9-13-25(27)32/h6-19,21H,20H2,1-5H3,(H,33,37). The first kappa shape index (κ1) is 27.1. The van der Waals surface area contributed by atoms with E-state index in [9.17, 15) is 9.59 Å². The number of aromatic nitrogens is 2. The van der Waals surface area contributed by atoms with Crippen LogP contribution >= 0.6 is 11.6 Å². The van der Waals surface area contributed by atoms with Gasteiger partial charge in [0.05, 0.1) is 16.4 Å². The quantitative estimate of drug-likeness (QED) is 0.281. The fraction of sp³-hybridized carbons (Fsp3) is 0.258. The maximum atomic E-state index is 13.4. The summed E-state index contributed by atoms with van der Waals surface area (Å²) in [5.41, 5.74) is 3.92. The van der Waals surface area contributed by atoms with E-state index >= 15 is 0 Å². The molecule has 4 aromatic rings. The van der Waals surface area contributed by atoms with Crippen LogP contribution in [0.3, 0.4) is 0 Å². The van der Waals surface area contributed by atoms with Gasteiger partial charge in [0, 0.05) is 23.2 Å². The molecule has 0 radical (unpaired) electrons. The van der Waals surface area contributed by atoms with Gasteiger partial charge in [-0.05, 0) is 49.1 Å². The Morgan fingerprint density at radius 3 is 2.18 bits per heavy atom. The van der Waals surface area contributed by atoms with Crippen LogP contribution in [0.25, 0.3) is 16.9 Å². The van der Waals surface area contributed by atoms with Crippen molar-refractivity contribution in [3.05, 3.63) is 101 Å². The highest BCUT2D eigenvalue weighted by Crippen LogP contribution is 2.28. The maximum Gasteiger partial charge on any atom is 0.254 e.